The Labute approximate surface area is 148 Å². The van der Waals surface area contributed by atoms with Crippen molar-refractivity contribution in [3.63, 3.8) is 0 Å². The predicted molar refractivity (Wildman–Crippen MR) is 86.3 cm³/mol. The first kappa shape index (κ1) is 19.1. The summed E-state index contributed by atoms with van der Waals surface area (Å²) in [4.78, 5) is 12.2. The lowest BCUT2D eigenvalue weighted by molar-refractivity contribution is -0.137. The Morgan fingerprint density at radius 3 is 2.08 bits per heavy atom. The van der Waals surface area contributed by atoms with Crippen LogP contribution in [0.2, 0.25) is 0 Å². The molecule has 0 unspecified atom stereocenters. The molecule has 26 heavy (non-hydrogen) atoms. The van der Waals surface area contributed by atoms with Gasteiger partial charge in [0.25, 0.3) is 5.91 Å². The number of carbonyl (C=O) groups is 1. The van der Waals surface area contributed by atoms with Crippen molar-refractivity contribution in [2.24, 2.45) is 0 Å². The zero-order chi connectivity index (χ0) is 19.4. The fraction of sp³-hybridized carbons (Fsp3) is 0.588. The Hall–Kier alpha value is -1.64. The first-order valence-corrected chi connectivity index (χ1v) is 10.2. The quantitative estimate of drug-likeness (QED) is 0.798. The molecule has 0 atom stereocenters. The first-order valence-electron chi connectivity index (χ1n) is 8.27. The molecule has 9 heteroatoms. The summed E-state index contributed by atoms with van der Waals surface area (Å²) in [6.07, 6.45) is -1.83. The molecule has 0 radical (unpaired) electrons. The summed E-state index contributed by atoms with van der Waals surface area (Å²) < 4.78 is 77.0. The molecule has 144 valence electrons. The van der Waals surface area contributed by atoms with Gasteiger partial charge in [-0.05, 0) is 56.7 Å². The zero-order valence-electron chi connectivity index (χ0n) is 14.1. The third kappa shape index (κ3) is 3.58. The average molecular weight is 393 g/mol. The second-order valence-corrected chi connectivity index (χ2v) is 9.35. The topological polar surface area (TPSA) is 63.2 Å². The fourth-order valence-corrected chi connectivity index (χ4v) is 4.71. The second kappa shape index (κ2) is 5.94. The van der Waals surface area contributed by atoms with Gasteiger partial charge in [0.1, 0.15) is 5.67 Å². The molecule has 0 saturated heterocycles. The van der Waals surface area contributed by atoms with Crippen molar-refractivity contribution in [3.8, 4) is 0 Å². The minimum absolute atomic E-state index is 0.287. The van der Waals surface area contributed by atoms with Crippen LogP contribution in [0, 0.1) is 0 Å². The minimum Gasteiger partial charge on any atom is -0.347 e. The monoisotopic (exact) mass is 393 g/mol. The van der Waals surface area contributed by atoms with Crippen molar-refractivity contribution in [2.45, 2.75) is 60.8 Å². The van der Waals surface area contributed by atoms with E-state index in [1.54, 1.807) is 0 Å². The summed E-state index contributed by atoms with van der Waals surface area (Å²) >= 11 is 0. The summed E-state index contributed by atoms with van der Waals surface area (Å²) in [6.45, 7) is 0. The zero-order valence-corrected chi connectivity index (χ0v) is 14.9. The van der Waals surface area contributed by atoms with Crippen LogP contribution in [-0.2, 0) is 16.0 Å². The van der Waals surface area contributed by atoms with Crippen molar-refractivity contribution in [1.82, 2.24) is 5.32 Å². The molecule has 2 bridgehead atoms. The van der Waals surface area contributed by atoms with E-state index in [4.69, 9.17) is 0 Å². The standard InChI is InChI=1S/C17H19F4NO3S/c1-26(24,25)13-3-2-11(17(19,20)21)10-12(13)14(23)22-16-7-4-15(18,5-8-16)6-9-16/h2-3,10H,4-9H2,1H3,(H,22,23). The predicted octanol–water partition coefficient (Wildman–Crippen LogP) is 3.65. The van der Waals surface area contributed by atoms with Crippen molar-refractivity contribution >= 4 is 15.7 Å². The van der Waals surface area contributed by atoms with Crippen LogP contribution in [0.3, 0.4) is 0 Å². The molecular formula is C17H19F4NO3S. The molecule has 1 aromatic carbocycles. The van der Waals surface area contributed by atoms with Crippen LogP contribution in [0.15, 0.2) is 23.1 Å². The van der Waals surface area contributed by atoms with Crippen LogP contribution in [0.4, 0.5) is 17.6 Å². The molecule has 1 amide bonds. The number of alkyl halides is 4. The summed E-state index contributed by atoms with van der Waals surface area (Å²) in [5, 5.41) is 2.71. The molecule has 3 aliphatic rings. The van der Waals surface area contributed by atoms with Gasteiger partial charge in [-0.2, -0.15) is 13.2 Å². The van der Waals surface area contributed by atoms with E-state index in [1.807, 2.05) is 0 Å². The van der Waals surface area contributed by atoms with Gasteiger partial charge < -0.3 is 5.32 Å². The number of amides is 1. The minimum atomic E-state index is -4.70. The Kier molecular flexibility index (Phi) is 4.37. The number of nitrogens with one attached hydrogen (secondary N) is 1. The molecule has 0 aromatic heterocycles. The Morgan fingerprint density at radius 2 is 1.62 bits per heavy atom. The molecule has 1 N–H and O–H groups in total. The van der Waals surface area contributed by atoms with Gasteiger partial charge in [-0.3, -0.25) is 4.79 Å². The van der Waals surface area contributed by atoms with Crippen LogP contribution in [-0.4, -0.2) is 31.8 Å². The van der Waals surface area contributed by atoms with E-state index in [9.17, 15) is 30.8 Å². The number of hydrogen-bond acceptors (Lipinski definition) is 3. The highest BCUT2D eigenvalue weighted by Crippen LogP contribution is 2.49. The van der Waals surface area contributed by atoms with E-state index in [1.165, 1.54) is 0 Å². The number of rotatable bonds is 3. The molecule has 0 aliphatic heterocycles. The Balaban J connectivity index is 1.95. The molecule has 4 nitrogen and oxygen atoms in total. The average Bonchev–Trinajstić information content (AvgIpc) is 2.54. The van der Waals surface area contributed by atoms with Gasteiger partial charge in [-0.15, -0.1) is 0 Å². The molecule has 3 saturated carbocycles. The summed E-state index contributed by atoms with van der Waals surface area (Å²) in [6, 6.07) is 2.01. The molecule has 0 heterocycles. The van der Waals surface area contributed by atoms with Crippen molar-refractivity contribution < 1.29 is 30.8 Å². The molecule has 4 rings (SSSR count). The SMILES string of the molecule is CS(=O)(=O)c1ccc(C(F)(F)F)cc1C(=O)NC12CCC(F)(CC1)CC2. The first-order chi connectivity index (χ1) is 11.8. The van der Waals surface area contributed by atoms with E-state index in [0.29, 0.717) is 31.4 Å². The lowest BCUT2D eigenvalue weighted by Crippen LogP contribution is -2.57. The van der Waals surface area contributed by atoms with Gasteiger partial charge in [0.05, 0.1) is 16.0 Å². The highest BCUT2D eigenvalue weighted by atomic mass is 32.2. The third-order valence-electron chi connectivity index (χ3n) is 5.48. The van der Waals surface area contributed by atoms with Crippen molar-refractivity contribution in [1.29, 1.82) is 0 Å². The highest BCUT2D eigenvalue weighted by molar-refractivity contribution is 7.90. The fourth-order valence-electron chi connectivity index (χ4n) is 3.84. The molecule has 3 fully saturated rings. The molecule has 0 spiro atoms. The maximum Gasteiger partial charge on any atom is 0.416 e. The number of fused-ring (bicyclic) bond motifs is 3. The smallest absolute Gasteiger partial charge is 0.347 e. The van der Waals surface area contributed by atoms with Crippen LogP contribution < -0.4 is 5.32 Å². The summed E-state index contributed by atoms with van der Waals surface area (Å²) in [5.41, 5.74) is -3.53. The van der Waals surface area contributed by atoms with Crippen LogP contribution in [0.5, 0.6) is 0 Å². The van der Waals surface area contributed by atoms with Crippen LogP contribution >= 0.6 is 0 Å². The van der Waals surface area contributed by atoms with E-state index >= 15 is 0 Å². The molecular weight excluding hydrogens is 374 g/mol. The van der Waals surface area contributed by atoms with Crippen molar-refractivity contribution in [2.75, 3.05) is 6.26 Å². The maximum absolute atomic E-state index is 14.3. The van der Waals surface area contributed by atoms with Gasteiger partial charge in [0.2, 0.25) is 0 Å². The lowest BCUT2D eigenvalue weighted by Gasteiger charge is -2.50. The number of carbonyl (C=O) groups excluding carboxylic acids is 1. The second-order valence-electron chi connectivity index (χ2n) is 7.37. The summed E-state index contributed by atoms with van der Waals surface area (Å²) in [7, 11) is -3.90. The van der Waals surface area contributed by atoms with Gasteiger partial charge in [-0.1, -0.05) is 0 Å². The van der Waals surface area contributed by atoms with Gasteiger partial charge in [-0.25, -0.2) is 12.8 Å². The van der Waals surface area contributed by atoms with E-state index in [2.05, 4.69) is 5.32 Å². The van der Waals surface area contributed by atoms with Crippen LogP contribution in [0.25, 0.3) is 0 Å². The number of sulfone groups is 1. The molecule has 1 aromatic rings. The van der Waals surface area contributed by atoms with Crippen LogP contribution in [0.1, 0.15) is 54.4 Å². The van der Waals surface area contributed by atoms with E-state index < -0.39 is 49.2 Å². The van der Waals surface area contributed by atoms with Crippen molar-refractivity contribution in [3.05, 3.63) is 29.3 Å². The summed E-state index contributed by atoms with van der Waals surface area (Å²) in [5.74, 6) is -0.871. The molecule has 3 aliphatic carbocycles. The highest BCUT2D eigenvalue weighted by Gasteiger charge is 2.50. The number of benzene rings is 1. The van der Waals surface area contributed by atoms with E-state index in [-0.39, 0.29) is 19.3 Å². The third-order valence-corrected chi connectivity index (χ3v) is 6.64. The Morgan fingerprint density at radius 1 is 1.08 bits per heavy atom. The van der Waals surface area contributed by atoms with Gasteiger partial charge >= 0.3 is 6.18 Å². The Bertz CT molecular complexity index is 824. The number of hydrogen-bond donors (Lipinski definition) is 1. The van der Waals surface area contributed by atoms with E-state index in [0.717, 1.165) is 12.3 Å². The van der Waals surface area contributed by atoms with Gasteiger partial charge in [0.15, 0.2) is 9.84 Å². The lowest BCUT2D eigenvalue weighted by atomic mass is 9.64. The normalized spacial score (nSPS) is 28.8. The largest absolute Gasteiger partial charge is 0.416 e. The van der Waals surface area contributed by atoms with Gasteiger partial charge in [0, 0.05) is 11.8 Å². The number of halogens is 4. The maximum atomic E-state index is 14.3.